The third kappa shape index (κ3) is 6.35. The molecule has 10 heteroatoms. The van der Waals surface area contributed by atoms with E-state index in [4.69, 9.17) is 16.3 Å². The van der Waals surface area contributed by atoms with Gasteiger partial charge >= 0.3 is 0 Å². The monoisotopic (exact) mass is 467 g/mol. The molecule has 0 fully saturated rings. The van der Waals surface area contributed by atoms with Gasteiger partial charge in [0.05, 0.1) is 19.1 Å². The van der Waals surface area contributed by atoms with Crippen LogP contribution in [0.2, 0.25) is 5.02 Å². The molecule has 2 aromatic rings. The van der Waals surface area contributed by atoms with E-state index in [0.29, 0.717) is 22.0 Å². The first-order chi connectivity index (χ1) is 14.6. The van der Waals surface area contributed by atoms with Gasteiger partial charge < -0.3 is 15.0 Å². The summed E-state index contributed by atoms with van der Waals surface area (Å²) in [6.07, 6.45) is 1.02. The summed E-state index contributed by atoms with van der Waals surface area (Å²) in [5, 5.41) is 2.96. The third-order valence-corrected chi connectivity index (χ3v) is 6.26. The quantitative estimate of drug-likeness (QED) is 0.610. The number of carbonyl (C=O) groups is 2. The van der Waals surface area contributed by atoms with Gasteiger partial charge in [0, 0.05) is 18.6 Å². The van der Waals surface area contributed by atoms with Gasteiger partial charge in [-0.25, -0.2) is 8.42 Å². The Morgan fingerprint density at radius 1 is 1.13 bits per heavy atom. The van der Waals surface area contributed by atoms with Crippen LogP contribution in [0, 0.1) is 0 Å². The maximum Gasteiger partial charge on any atom is 0.244 e. The van der Waals surface area contributed by atoms with E-state index in [1.807, 2.05) is 0 Å². The van der Waals surface area contributed by atoms with Gasteiger partial charge in [-0.2, -0.15) is 0 Å². The number of benzene rings is 2. The Labute approximate surface area is 187 Å². The van der Waals surface area contributed by atoms with Crippen molar-refractivity contribution in [3.05, 3.63) is 59.1 Å². The van der Waals surface area contributed by atoms with Crippen molar-refractivity contribution in [2.24, 2.45) is 0 Å². The maximum atomic E-state index is 13.2. The molecule has 2 aromatic carbocycles. The van der Waals surface area contributed by atoms with Crippen molar-refractivity contribution >= 4 is 39.1 Å². The summed E-state index contributed by atoms with van der Waals surface area (Å²) in [6.45, 7) is 1.15. The first-order valence-corrected chi connectivity index (χ1v) is 11.7. The van der Waals surface area contributed by atoms with E-state index in [9.17, 15) is 18.0 Å². The zero-order valence-electron chi connectivity index (χ0n) is 17.8. The van der Waals surface area contributed by atoms with Gasteiger partial charge in [-0.1, -0.05) is 29.8 Å². The highest BCUT2D eigenvalue weighted by Crippen LogP contribution is 2.23. The Kier molecular flexibility index (Phi) is 8.29. The zero-order chi connectivity index (χ0) is 23.2. The van der Waals surface area contributed by atoms with Crippen LogP contribution in [0.25, 0.3) is 0 Å². The van der Waals surface area contributed by atoms with E-state index < -0.39 is 28.5 Å². The van der Waals surface area contributed by atoms with Gasteiger partial charge in [-0.05, 0) is 42.8 Å². The minimum Gasteiger partial charge on any atom is -0.497 e. The molecule has 0 saturated heterocycles. The molecule has 2 amide bonds. The van der Waals surface area contributed by atoms with Crippen molar-refractivity contribution in [3.63, 3.8) is 0 Å². The molecule has 1 atom stereocenters. The summed E-state index contributed by atoms with van der Waals surface area (Å²) < 4.78 is 31.0. The SMILES string of the molecule is CNC(=O)[C@@H](C)N(Cc1ccccc1Cl)C(=O)CN(c1ccc(OC)cc1)S(C)(=O)=O. The number of nitrogens with one attached hydrogen (secondary N) is 1. The van der Waals surface area contributed by atoms with Crippen LogP contribution in [-0.2, 0) is 26.2 Å². The average molecular weight is 468 g/mol. The Balaban J connectivity index is 2.38. The van der Waals surface area contributed by atoms with Crippen molar-refractivity contribution < 1.29 is 22.7 Å². The predicted octanol–water partition coefficient (Wildman–Crippen LogP) is 2.28. The topological polar surface area (TPSA) is 96.0 Å². The molecule has 31 heavy (non-hydrogen) atoms. The maximum absolute atomic E-state index is 13.2. The van der Waals surface area contributed by atoms with Gasteiger partial charge in [-0.15, -0.1) is 0 Å². The van der Waals surface area contributed by atoms with Gasteiger partial charge in [-0.3, -0.25) is 13.9 Å². The summed E-state index contributed by atoms with van der Waals surface area (Å²) in [5.41, 5.74) is 0.950. The number of hydrogen-bond acceptors (Lipinski definition) is 5. The summed E-state index contributed by atoms with van der Waals surface area (Å²) in [6, 6.07) is 12.4. The lowest BCUT2D eigenvalue weighted by molar-refractivity contribution is -0.139. The fourth-order valence-corrected chi connectivity index (χ4v) is 4.01. The number of likely N-dealkylation sites (N-methyl/N-ethyl adjacent to an activating group) is 1. The summed E-state index contributed by atoms with van der Waals surface area (Å²) in [4.78, 5) is 26.8. The van der Waals surface area contributed by atoms with E-state index in [2.05, 4.69) is 5.32 Å². The van der Waals surface area contributed by atoms with E-state index in [-0.39, 0.29) is 12.5 Å². The van der Waals surface area contributed by atoms with Crippen molar-refractivity contribution in [1.82, 2.24) is 10.2 Å². The van der Waals surface area contributed by atoms with Crippen LogP contribution < -0.4 is 14.4 Å². The number of ether oxygens (including phenoxy) is 1. The molecular weight excluding hydrogens is 442 g/mol. The average Bonchev–Trinajstić information content (AvgIpc) is 2.75. The summed E-state index contributed by atoms with van der Waals surface area (Å²) in [5.74, 6) is -0.370. The van der Waals surface area contributed by atoms with E-state index in [1.165, 1.54) is 19.1 Å². The summed E-state index contributed by atoms with van der Waals surface area (Å²) in [7, 11) is -0.811. The van der Waals surface area contributed by atoms with Crippen LogP contribution in [0.5, 0.6) is 5.75 Å². The zero-order valence-corrected chi connectivity index (χ0v) is 19.4. The van der Waals surface area contributed by atoms with Crippen molar-refractivity contribution in [2.45, 2.75) is 19.5 Å². The summed E-state index contributed by atoms with van der Waals surface area (Å²) >= 11 is 6.24. The smallest absolute Gasteiger partial charge is 0.244 e. The lowest BCUT2D eigenvalue weighted by Crippen LogP contribution is -2.50. The predicted molar refractivity (Wildman–Crippen MR) is 121 cm³/mol. The van der Waals surface area contributed by atoms with Crippen LogP contribution in [0.4, 0.5) is 5.69 Å². The minimum atomic E-state index is -3.78. The van der Waals surface area contributed by atoms with Crippen LogP contribution in [0.15, 0.2) is 48.5 Å². The second-order valence-corrected chi connectivity index (χ2v) is 9.18. The van der Waals surface area contributed by atoms with Crippen molar-refractivity contribution in [1.29, 1.82) is 0 Å². The number of hydrogen-bond donors (Lipinski definition) is 1. The number of rotatable bonds is 9. The number of methoxy groups -OCH3 is 1. The van der Waals surface area contributed by atoms with Gasteiger partial charge in [0.15, 0.2) is 0 Å². The number of halogens is 1. The van der Waals surface area contributed by atoms with Crippen molar-refractivity contribution in [3.8, 4) is 5.75 Å². The Morgan fingerprint density at radius 3 is 2.26 bits per heavy atom. The molecule has 0 radical (unpaired) electrons. The molecule has 0 saturated carbocycles. The highest BCUT2D eigenvalue weighted by molar-refractivity contribution is 7.92. The lowest BCUT2D eigenvalue weighted by Gasteiger charge is -2.31. The Hall–Kier alpha value is -2.78. The van der Waals surface area contributed by atoms with Gasteiger partial charge in [0.2, 0.25) is 21.8 Å². The third-order valence-electron chi connectivity index (χ3n) is 4.75. The molecule has 1 N–H and O–H groups in total. The fourth-order valence-electron chi connectivity index (χ4n) is 2.96. The molecule has 0 aliphatic rings. The molecule has 2 rings (SSSR count). The van der Waals surface area contributed by atoms with Crippen LogP contribution in [0.3, 0.4) is 0 Å². The Bertz CT molecular complexity index is 1030. The number of carbonyl (C=O) groups excluding carboxylic acids is 2. The lowest BCUT2D eigenvalue weighted by atomic mass is 10.1. The van der Waals surface area contributed by atoms with Crippen LogP contribution >= 0.6 is 11.6 Å². The highest BCUT2D eigenvalue weighted by atomic mass is 35.5. The second-order valence-electron chi connectivity index (χ2n) is 6.87. The van der Waals surface area contributed by atoms with Gasteiger partial charge in [0.1, 0.15) is 18.3 Å². The van der Waals surface area contributed by atoms with E-state index in [1.54, 1.807) is 55.5 Å². The fraction of sp³-hybridized carbons (Fsp3) is 0.333. The number of sulfonamides is 1. The molecular formula is C21H26ClN3O5S. The molecule has 0 spiro atoms. The highest BCUT2D eigenvalue weighted by Gasteiger charge is 2.30. The first kappa shape index (κ1) is 24.5. The van der Waals surface area contributed by atoms with Crippen molar-refractivity contribution in [2.75, 3.05) is 31.3 Å². The molecule has 0 unspecified atom stereocenters. The molecule has 168 valence electrons. The molecule has 0 aliphatic heterocycles. The number of anilines is 1. The Morgan fingerprint density at radius 2 is 1.74 bits per heavy atom. The van der Waals surface area contributed by atoms with E-state index >= 15 is 0 Å². The first-order valence-electron chi connectivity index (χ1n) is 9.44. The molecule has 0 aliphatic carbocycles. The largest absolute Gasteiger partial charge is 0.497 e. The normalized spacial score (nSPS) is 12.0. The standard InChI is InChI=1S/C21H26ClN3O5S/c1-15(21(27)23-2)24(13-16-7-5-6-8-19(16)22)20(26)14-25(31(4,28)29)17-9-11-18(30-3)12-10-17/h5-12,15H,13-14H2,1-4H3,(H,23,27)/t15-/m1/s1. The minimum absolute atomic E-state index is 0.0489. The van der Waals surface area contributed by atoms with E-state index in [0.717, 1.165) is 10.6 Å². The van der Waals surface area contributed by atoms with Gasteiger partial charge in [0.25, 0.3) is 0 Å². The molecule has 8 nitrogen and oxygen atoms in total. The number of amides is 2. The van der Waals surface area contributed by atoms with Crippen LogP contribution in [0.1, 0.15) is 12.5 Å². The molecule has 0 heterocycles. The molecule has 0 bridgehead atoms. The number of nitrogens with zero attached hydrogens (tertiary/aromatic N) is 2. The van der Waals surface area contributed by atoms with Crippen LogP contribution in [-0.4, -0.2) is 58.1 Å². The second kappa shape index (κ2) is 10.5. The molecule has 0 aromatic heterocycles.